The van der Waals surface area contributed by atoms with Crippen LogP contribution in [0.2, 0.25) is 0 Å². The zero-order chi connectivity index (χ0) is 14.2. The molecule has 1 N–H and O–H groups in total. The number of amides is 2. The van der Waals surface area contributed by atoms with Crippen molar-refractivity contribution in [3.63, 3.8) is 0 Å². The summed E-state index contributed by atoms with van der Waals surface area (Å²) in [7, 11) is 0. The van der Waals surface area contributed by atoms with Crippen molar-refractivity contribution in [2.75, 3.05) is 0 Å². The van der Waals surface area contributed by atoms with Gasteiger partial charge in [-0.25, -0.2) is 4.79 Å². The number of hydrogen-bond acceptors (Lipinski definition) is 3. The van der Waals surface area contributed by atoms with Crippen LogP contribution in [-0.4, -0.2) is 33.8 Å². The second-order valence-electron chi connectivity index (χ2n) is 4.69. The van der Waals surface area contributed by atoms with E-state index in [0.717, 1.165) is 4.90 Å². The van der Waals surface area contributed by atoms with Crippen LogP contribution in [0, 0.1) is 5.92 Å². The summed E-state index contributed by atoms with van der Waals surface area (Å²) >= 11 is 0. The Morgan fingerprint density at radius 2 is 1.68 bits per heavy atom. The van der Waals surface area contributed by atoms with Crippen molar-refractivity contribution >= 4 is 17.8 Å². The van der Waals surface area contributed by atoms with Crippen molar-refractivity contribution in [2.45, 2.75) is 26.3 Å². The van der Waals surface area contributed by atoms with E-state index in [9.17, 15) is 19.5 Å². The second-order valence-corrected chi connectivity index (χ2v) is 4.69. The number of carboxylic acid groups (broad SMARTS) is 1. The maximum atomic E-state index is 12.2. The molecule has 2 amide bonds. The number of imide groups is 1. The molecular weight excluding hydrogens is 246 g/mol. The Balaban J connectivity index is 2.45. The van der Waals surface area contributed by atoms with E-state index < -0.39 is 23.8 Å². The molecule has 0 aromatic heterocycles. The third-order valence-electron chi connectivity index (χ3n) is 3.54. The number of aliphatic carboxylic acids is 1. The molecule has 1 heterocycles. The molecule has 1 aromatic rings. The summed E-state index contributed by atoms with van der Waals surface area (Å²) in [5.41, 5.74) is 0.559. The number of fused-ring (bicyclic) bond motifs is 1. The molecular formula is C14H15NO4. The maximum Gasteiger partial charge on any atom is 0.327 e. The minimum Gasteiger partial charge on any atom is -0.480 e. The summed E-state index contributed by atoms with van der Waals surface area (Å²) in [5.74, 6) is -2.48. The fraction of sp³-hybridized carbons (Fsp3) is 0.357. The average Bonchev–Trinajstić information content (AvgIpc) is 2.64. The van der Waals surface area contributed by atoms with Crippen LogP contribution in [-0.2, 0) is 4.79 Å². The van der Waals surface area contributed by atoms with Gasteiger partial charge in [0.25, 0.3) is 11.8 Å². The van der Waals surface area contributed by atoms with Crippen molar-refractivity contribution in [1.82, 2.24) is 4.90 Å². The van der Waals surface area contributed by atoms with Crippen LogP contribution >= 0.6 is 0 Å². The number of benzene rings is 1. The van der Waals surface area contributed by atoms with Gasteiger partial charge in [-0.15, -0.1) is 0 Å². The highest BCUT2D eigenvalue weighted by atomic mass is 16.4. The lowest BCUT2D eigenvalue weighted by Crippen LogP contribution is -2.48. The third-order valence-corrected chi connectivity index (χ3v) is 3.54. The number of nitrogens with zero attached hydrogens (tertiary/aromatic N) is 1. The molecule has 19 heavy (non-hydrogen) atoms. The molecule has 1 aliphatic heterocycles. The van der Waals surface area contributed by atoms with E-state index in [0.29, 0.717) is 6.42 Å². The second kappa shape index (κ2) is 4.84. The normalized spacial score (nSPS) is 17.3. The number of hydrogen-bond donors (Lipinski definition) is 1. The van der Waals surface area contributed by atoms with Crippen molar-refractivity contribution in [1.29, 1.82) is 0 Å². The van der Waals surface area contributed by atoms with E-state index in [1.54, 1.807) is 31.2 Å². The van der Waals surface area contributed by atoms with E-state index in [-0.39, 0.29) is 17.0 Å². The summed E-state index contributed by atoms with van der Waals surface area (Å²) in [6.07, 6.45) is 0.574. The van der Waals surface area contributed by atoms with Gasteiger partial charge in [-0.2, -0.15) is 0 Å². The van der Waals surface area contributed by atoms with Gasteiger partial charge in [-0.3, -0.25) is 14.5 Å². The Hall–Kier alpha value is -2.17. The molecule has 2 unspecified atom stereocenters. The smallest absolute Gasteiger partial charge is 0.327 e. The van der Waals surface area contributed by atoms with E-state index >= 15 is 0 Å². The van der Waals surface area contributed by atoms with Crippen LogP contribution in [0.25, 0.3) is 0 Å². The Morgan fingerprint density at radius 3 is 2.05 bits per heavy atom. The lowest BCUT2D eigenvalue weighted by molar-refractivity contribution is -0.143. The summed E-state index contributed by atoms with van der Waals surface area (Å²) in [6.45, 7) is 3.56. The third kappa shape index (κ3) is 2.01. The van der Waals surface area contributed by atoms with Crippen LogP contribution in [0.3, 0.4) is 0 Å². The van der Waals surface area contributed by atoms with E-state index in [1.165, 1.54) is 0 Å². The van der Waals surface area contributed by atoms with Gasteiger partial charge in [0.05, 0.1) is 11.1 Å². The van der Waals surface area contributed by atoms with Crippen molar-refractivity contribution in [3.8, 4) is 0 Å². The molecule has 0 fully saturated rings. The number of carboxylic acids is 1. The van der Waals surface area contributed by atoms with Crippen LogP contribution in [0.1, 0.15) is 41.0 Å². The highest BCUT2D eigenvalue weighted by Crippen LogP contribution is 2.28. The lowest BCUT2D eigenvalue weighted by atomic mass is 9.98. The molecule has 0 aliphatic carbocycles. The fourth-order valence-corrected chi connectivity index (χ4v) is 2.29. The minimum atomic E-state index is -1.15. The average molecular weight is 261 g/mol. The molecule has 0 radical (unpaired) electrons. The number of carbonyl (C=O) groups is 3. The number of rotatable bonds is 4. The summed E-state index contributed by atoms with van der Waals surface area (Å²) in [4.78, 5) is 36.7. The summed E-state index contributed by atoms with van der Waals surface area (Å²) in [5, 5.41) is 9.30. The number of carbonyl (C=O) groups excluding carboxylic acids is 2. The van der Waals surface area contributed by atoms with Crippen LogP contribution < -0.4 is 0 Å². The molecule has 1 aliphatic rings. The van der Waals surface area contributed by atoms with E-state index in [1.807, 2.05) is 6.92 Å². The Bertz CT molecular complexity index is 517. The highest BCUT2D eigenvalue weighted by Gasteiger charge is 2.44. The molecule has 0 saturated carbocycles. The van der Waals surface area contributed by atoms with Gasteiger partial charge in [0.2, 0.25) is 0 Å². The lowest BCUT2D eigenvalue weighted by Gasteiger charge is -2.27. The molecule has 5 nitrogen and oxygen atoms in total. The van der Waals surface area contributed by atoms with Crippen molar-refractivity contribution < 1.29 is 19.5 Å². The predicted octanol–water partition coefficient (Wildman–Crippen LogP) is 1.78. The monoisotopic (exact) mass is 261 g/mol. The highest BCUT2D eigenvalue weighted by molar-refractivity contribution is 6.22. The topological polar surface area (TPSA) is 74.7 Å². The largest absolute Gasteiger partial charge is 0.480 e. The Labute approximate surface area is 110 Å². The van der Waals surface area contributed by atoms with Crippen LogP contribution in [0.4, 0.5) is 0 Å². The van der Waals surface area contributed by atoms with Gasteiger partial charge in [-0.05, 0) is 18.1 Å². The molecule has 0 saturated heterocycles. The molecule has 100 valence electrons. The SMILES string of the molecule is CCC(C)C(C(=O)O)N1C(=O)c2ccccc2C1=O. The van der Waals surface area contributed by atoms with Gasteiger partial charge in [-0.1, -0.05) is 32.4 Å². The predicted molar refractivity (Wildman–Crippen MR) is 67.8 cm³/mol. The molecule has 0 bridgehead atoms. The molecule has 0 spiro atoms. The zero-order valence-electron chi connectivity index (χ0n) is 10.8. The van der Waals surface area contributed by atoms with Gasteiger partial charge in [0.1, 0.15) is 6.04 Å². The maximum absolute atomic E-state index is 12.2. The van der Waals surface area contributed by atoms with Gasteiger partial charge in [0.15, 0.2) is 0 Å². The molecule has 2 rings (SSSR count). The standard InChI is InChI=1S/C14H15NO4/c1-3-8(2)11(14(18)19)15-12(16)9-6-4-5-7-10(9)13(15)17/h4-8,11H,3H2,1-2H3,(H,18,19). The van der Waals surface area contributed by atoms with Crippen molar-refractivity contribution in [3.05, 3.63) is 35.4 Å². The zero-order valence-corrected chi connectivity index (χ0v) is 10.8. The first kappa shape index (κ1) is 13.3. The van der Waals surface area contributed by atoms with E-state index in [4.69, 9.17) is 0 Å². The quantitative estimate of drug-likeness (QED) is 0.838. The van der Waals surface area contributed by atoms with E-state index in [2.05, 4.69) is 0 Å². The Kier molecular flexibility index (Phi) is 3.38. The molecule has 5 heteroatoms. The van der Waals surface area contributed by atoms with Gasteiger partial charge >= 0.3 is 5.97 Å². The van der Waals surface area contributed by atoms with Crippen molar-refractivity contribution in [2.24, 2.45) is 5.92 Å². The Morgan fingerprint density at radius 1 is 1.21 bits per heavy atom. The minimum absolute atomic E-state index is 0.280. The van der Waals surface area contributed by atoms with Crippen LogP contribution in [0.5, 0.6) is 0 Å². The first-order chi connectivity index (χ1) is 8.99. The van der Waals surface area contributed by atoms with Gasteiger partial charge in [0, 0.05) is 0 Å². The summed E-state index contributed by atoms with van der Waals surface area (Å²) < 4.78 is 0. The first-order valence-electron chi connectivity index (χ1n) is 6.18. The van der Waals surface area contributed by atoms with Gasteiger partial charge < -0.3 is 5.11 Å². The summed E-state index contributed by atoms with van der Waals surface area (Å²) in [6, 6.07) is 5.30. The van der Waals surface area contributed by atoms with Crippen LogP contribution in [0.15, 0.2) is 24.3 Å². The molecule has 1 aromatic carbocycles. The fourth-order valence-electron chi connectivity index (χ4n) is 2.29. The molecule has 2 atom stereocenters. The first-order valence-corrected chi connectivity index (χ1v) is 6.18.